The fraction of sp³-hybridized carbons (Fsp3) is 0.353. The number of carbonyl (C=O) groups is 2. The monoisotopic (exact) mass is 593 g/mol. The third-order valence-corrected chi connectivity index (χ3v) is 8.07. The van der Waals surface area contributed by atoms with Crippen molar-refractivity contribution in [1.29, 1.82) is 5.26 Å². The van der Waals surface area contributed by atoms with Gasteiger partial charge >= 0.3 is 0 Å². The number of piperazine rings is 1. The lowest BCUT2D eigenvalue weighted by Gasteiger charge is -2.34. The zero-order valence-corrected chi connectivity index (χ0v) is 24.6. The molecule has 3 aromatic rings. The summed E-state index contributed by atoms with van der Waals surface area (Å²) in [5.41, 5.74) is 9.39. The van der Waals surface area contributed by atoms with Crippen LogP contribution in [0, 0.1) is 29.0 Å². The van der Waals surface area contributed by atoms with Crippen molar-refractivity contribution < 1.29 is 14.0 Å². The molecule has 2 aliphatic rings. The quantitative estimate of drug-likeness (QED) is 0.405. The number of piperidine rings is 1. The van der Waals surface area contributed by atoms with Crippen LogP contribution >= 0.6 is 0 Å². The minimum absolute atomic E-state index is 0.00402. The summed E-state index contributed by atoms with van der Waals surface area (Å²) in [7, 11) is 0. The first-order chi connectivity index (χ1) is 21.4. The maximum Gasteiger partial charge on any atom is 0.271 e. The molecule has 9 nitrogen and oxygen atoms in total. The average Bonchev–Trinajstić information content (AvgIpc) is 3.06. The van der Waals surface area contributed by atoms with Gasteiger partial charge in [0, 0.05) is 64.6 Å². The lowest BCUT2D eigenvalue weighted by atomic mass is 10.0. The minimum atomic E-state index is -0.315. The molecular formula is C34H36FN7O2. The number of likely N-dealkylation sites (tertiary alicyclic amines) is 1. The Labute approximate surface area is 257 Å². The maximum absolute atomic E-state index is 13.4. The molecule has 0 unspecified atom stereocenters. The highest BCUT2D eigenvalue weighted by Gasteiger charge is 2.26. The van der Waals surface area contributed by atoms with Crippen molar-refractivity contribution >= 4 is 11.8 Å². The van der Waals surface area contributed by atoms with Gasteiger partial charge in [-0.3, -0.25) is 19.4 Å². The van der Waals surface area contributed by atoms with Crippen LogP contribution in [0.25, 0.3) is 0 Å². The van der Waals surface area contributed by atoms with Gasteiger partial charge in [-0.15, -0.1) is 0 Å². The van der Waals surface area contributed by atoms with Gasteiger partial charge in [-0.05, 0) is 54.3 Å². The molecule has 5 rings (SSSR count). The van der Waals surface area contributed by atoms with Crippen molar-refractivity contribution in [2.24, 2.45) is 5.73 Å². The van der Waals surface area contributed by atoms with E-state index in [2.05, 4.69) is 38.0 Å². The molecule has 0 aliphatic carbocycles. The van der Waals surface area contributed by atoms with Crippen LogP contribution in [0.15, 0.2) is 60.8 Å². The highest BCUT2D eigenvalue weighted by Crippen LogP contribution is 2.17. The standard InChI is InChI=1S/C34H36FN7O2/c35-30-9-7-27(8-10-30)24-41-16-18-42(19-17-41)34(44)29-20-28(2-1-13-36)32(38-22-29)33(43)39-31-11-14-40(15-12-31)23-26-5-3-25(21-37)4-6-26/h3-10,20,22,31H,11-19,23-24,36H2,(H,39,43). The van der Waals surface area contributed by atoms with E-state index in [0.29, 0.717) is 49.4 Å². The highest BCUT2D eigenvalue weighted by atomic mass is 19.1. The highest BCUT2D eigenvalue weighted by molar-refractivity contribution is 5.98. The number of halogens is 1. The van der Waals surface area contributed by atoms with E-state index in [1.54, 1.807) is 23.1 Å². The van der Waals surface area contributed by atoms with E-state index in [1.165, 1.54) is 18.3 Å². The number of nitrogens with zero attached hydrogens (tertiary/aromatic N) is 5. The van der Waals surface area contributed by atoms with E-state index < -0.39 is 0 Å². The van der Waals surface area contributed by atoms with Gasteiger partial charge in [-0.1, -0.05) is 36.1 Å². The molecule has 0 saturated carbocycles. The van der Waals surface area contributed by atoms with Gasteiger partial charge in [0.1, 0.15) is 11.5 Å². The predicted octanol–water partition coefficient (Wildman–Crippen LogP) is 2.75. The second-order valence-electron chi connectivity index (χ2n) is 11.2. The Balaban J connectivity index is 1.16. The fourth-order valence-corrected chi connectivity index (χ4v) is 5.58. The Bertz CT molecular complexity index is 1560. The van der Waals surface area contributed by atoms with Crippen LogP contribution in [0.2, 0.25) is 0 Å². The van der Waals surface area contributed by atoms with Crippen molar-refractivity contribution in [3.8, 4) is 17.9 Å². The number of aromatic nitrogens is 1. The summed E-state index contributed by atoms with van der Waals surface area (Å²) in [5.74, 6) is 5.01. The van der Waals surface area contributed by atoms with Crippen LogP contribution in [0.3, 0.4) is 0 Å². The summed E-state index contributed by atoms with van der Waals surface area (Å²) in [4.78, 5) is 37.4. The number of carbonyl (C=O) groups excluding carboxylic acids is 2. The zero-order chi connectivity index (χ0) is 30.9. The van der Waals surface area contributed by atoms with E-state index in [-0.39, 0.29) is 35.9 Å². The molecule has 10 heteroatoms. The molecule has 226 valence electrons. The van der Waals surface area contributed by atoms with Crippen molar-refractivity contribution in [2.45, 2.75) is 32.0 Å². The molecule has 44 heavy (non-hydrogen) atoms. The Morgan fingerprint density at radius 3 is 2.16 bits per heavy atom. The van der Waals surface area contributed by atoms with Crippen molar-refractivity contribution in [3.63, 3.8) is 0 Å². The molecule has 2 amide bonds. The summed E-state index contributed by atoms with van der Waals surface area (Å²) in [6.45, 7) is 5.78. The minimum Gasteiger partial charge on any atom is -0.348 e. The fourth-order valence-electron chi connectivity index (χ4n) is 5.58. The molecule has 1 aromatic heterocycles. The number of nitriles is 1. The molecule has 2 saturated heterocycles. The molecule has 2 fully saturated rings. The van der Waals surface area contributed by atoms with E-state index in [0.717, 1.165) is 43.6 Å². The molecule has 0 atom stereocenters. The van der Waals surface area contributed by atoms with Crippen LogP contribution in [0.5, 0.6) is 0 Å². The lowest BCUT2D eigenvalue weighted by molar-refractivity contribution is 0.0627. The van der Waals surface area contributed by atoms with E-state index >= 15 is 0 Å². The zero-order valence-electron chi connectivity index (χ0n) is 24.6. The molecule has 0 spiro atoms. The number of rotatable bonds is 7. The molecule has 2 aliphatic heterocycles. The number of hydrogen-bond acceptors (Lipinski definition) is 7. The smallest absolute Gasteiger partial charge is 0.271 e. The number of hydrogen-bond donors (Lipinski definition) is 2. The summed E-state index contributed by atoms with van der Waals surface area (Å²) in [5, 5.41) is 12.1. The Hall–Kier alpha value is -4.61. The number of pyridine rings is 1. The summed E-state index contributed by atoms with van der Waals surface area (Å²) < 4.78 is 13.2. The number of nitrogens with two attached hydrogens (primary N) is 1. The predicted molar refractivity (Wildman–Crippen MR) is 165 cm³/mol. The van der Waals surface area contributed by atoms with Crippen LogP contribution in [-0.4, -0.2) is 83.4 Å². The van der Waals surface area contributed by atoms with Gasteiger partial charge in [0.25, 0.3) is 11.8 Å². The van der Waals surface area contributed by atoms with Gasteiger partial charge in [0.15, 0.2) is 0 Å². The molecule has 3 N–H and O–H groups in total. The van der Waals surface area contributed by atoms with Crippen LogP contribution in [-0.2, 0) is 13.1 Å². The Morgan fingerprint density at radius 1 is 0.932 bits per heavy atom. The topological polar surface area (TPSA) is 119 Å². The first-order valence-corrected chi connectivity index (χ1v) is 14.9. The molecular weight excluding hydrogens is 557 g/mol. The molecule has 0 radical (unpaired) electrons. The van der Waals surface area contributed by atoms with Gasteiger partial charge in [0.2, 0.25) is 0 Å². The van der Waals surface area contributed by atoms with Crippen molar-refractivity contribution in [3.05, 3.63) is 100 Å². The van der Waals surface area contributed by atoms with E-state index in [1.807, 2.05) is 24.3 Å². The summed E-state index contributed by atoms with van der Waals surface area (Å²) in [6, 6.07) is 17.9. The van der Waals surface area contributed by atoms with Crippen molar-refractivity contribution in [2.75, 3.05) is 45.8 Å². The molecule has 0 bridgehead atoms. The van der Waals surface area contributed by atoms with E-state index in [9.17, 15) is 14.0 Å². The van der Waals surface area contributed by atoms with Crippen LogP contribution < -0.4 is 11.1 Å². The Kier molecular flexibility index (Phi) is 10.3. The number of benzene rings is 2. The first-order valence-electron chi connectivity index (χ1n) is 14.9. The van der Waals surface area contributed by atoms with Gasteiger partial charge in [-0.25, -0.2) is 9.37 Å². The maximum atomic E-state index is 13.4. The molecule has 3 heterocycles. The van der Waals surface area contributed by atoms with E-state index in [4.69, 9.17) is 11.0 Å². The van der Waals surface area contributed by atoms with Gasteiger partial charge < -0.3 is 16.0 Å². The lowest BCUT2D eigenvalue weighted by Crippen LogP contribution is -2.48. The molecule has 2 aromatic carbocycles. The van der Waals surface area contributed by atoms with Crippen LogP contribution in [0.1, 0.15) is 55.9 Å². The second-order valence-corrected chi connectivity index (χ2v) is 11.2. The summed E-state index contributed by atoms with van der Waals surface area (Å²) in [6.07, 6.45) is 3.06. The van der Waals surface area contributed by atoms with Crippen molar-refractivity contribution in [1.82, 2.24) is 25.0 Å². The van der Waals surface area contributed by atoms with Gasteiger partial charge in [-0.2, -0.15) is 5.26 Å². The SMILES string of the molecule is N#Cc1ccc(CN2CCC(NC(=O)c3ncc(C(=O)N4CCN(Cc5ccc(F)cc5)CC4)cc3C#CCN)CC2)cc1. The third kappa shape index (κ3) is 8.06. The normalized spacial score (nSPS) is 16.1. The largest absolute Gasteiger partial charge is 0.348 e. The first kappa shape index (κ1) is 30.8. The number of amides is 2. The number of nitrogens with one attached hydrogen (secondary N) is 1. The summed E-state index contributed by atoms with van der Waals surface area (Å²) >= 11 is 0. The third-order valence-electron chi connectivity index (χ3n) is 8.07. The second kappa shape index (κ2) is 14.7. The van der Waals surface area contributed by atoms with Gasteiger partial charge in [0.05, 0.1) is 29.3 Å². The Morgan fingerprint density at radius 2 is 1.55 bits per heavy atom. The van der Waals surface area contributed by atoms with Crippen LogP contribution in [0.4, 0.5) is 4.39 Å². The average molecular weight is 594 g/mol.